The molecule has 1 rings (SSSR count). The van der Waals surface area contributed by atoms with Gasteiger partial charge in [-0.25, -0.2) is 0 Å². The molecule has 1 N–H and O–H groups in total. The highest BCUT2D eigenvalue weighted by molar-refractivity contribution is 9.10. The van der Waals surface area contributed by atoms with E-state index < -0.39 is 0 Å². The number of nitrogens with one attached hydrogen (secondary N) is 1. The summed E-state index contributed by atoms with van der Waals surface area (Å²) in [6.07, 6.45) is 8.34. The SMILES string of the molecule is C#CCCCCNCc1cc(Br)cs1. The summed E-state index contributed by atoms with van der Waals surface area (Å²) in [6, 6.07) is 2.15. The predicted octanol–water partition coefficient (Wildman–Crippen LogP) is 3.40. The van der Waals surface area contributed by atoms with Gasteiger partial charge in [-0.2, -0.15) is 0 Å². The molecule has 0 amide bonds. The van der Waals surface area contributed by atoms with Gasteiger partial charge in [0.25, 0.3) is 0 Å². The highest BCUT2D eigenvalue weighted by Gasteiger charge is 1.96. The standard InChI is InChI=1S/C11H14BrNS/c1-2-3-4-5-6-13-8-11-7-10(12)9-14-11/h1,7,9,13H,3-6,8H2. The maximum atomic E-state index is 5.16. The van der Waals surface area contributed by atoms with E-state index >= 15 is 0 Å². The third-order valence-electron chi connectivity index (χ3n) is 1.85. The van der Waals surface area contributed by atoms with Crippen molar-refractivity contribution in [2.75, 3.05) is 6.54 Å². The minimum absolute atomic E-state index is 0.895. The number of hydrogen-bond acceptors (Lipinski definition) is 2. The average Bonchev–Trinajstić information content (AvgIpc) is 2.58. The zero-order valence-electron chi connectivity index (χ0n) is 8.05. The average molecular weight is 272 g/mol. The molecule has 1 aromatic rings. The van der Waals surface area contributed by atoms with Gasteiger partial charge in [0, 0.05) is 27.7 Å². The number of terminal acetylenes is 1. The number of rotatable bonds is 6. The summed E-state index contributed by atoms with van der Waals surface area (Å²) < 4.78 is 1.17. The fraction of sp³-hybridized carbons (Fsp3) is 0.455. The van der Waals surface area contributed by atoms with Crippen molar-refractivity contribution >= 4 is 27.3 Å². The Labute approximate surface area is 98.0 Å². The van der Waals surface area contributed by atoms with Crippen LogP contribution in [0.3, 0.4) is 0 Å². The Morgan fingerprint density at radius 1 is 1.50 bits per heavy atom. The van der Waals surface area contributed by atoms with Crippen LogP contribution in [0.2, 0.25) is 0 Å². The second-order valence-electron chi connectivity index (χ2n) is 3.07. The predicted molar refractivity (Wildman–Crippen MR) is 66.4 cm³/mol. The zero-order chi connectivity index (χ0) is 10.2. The minimum Gasteiger partial charge on any atom is -0.312 e. The summed E-state index contributed by atoms with van der Waals surface area (Å²) in [5.41, 5.74) is 0. The summed E-state index contributed by atoms with van der Waals surface area (Å²) >= 11 is 5.21. The van der Waals surface area contributed by atoms with Crippen molar-refractivity contribution in [1.82, 2.24) is 5.32 Å². The van der Waals surface area contributed by atoms with E-state index in [1.165, 1.54) is 9.35 Å². The smallest absolute Gasteiger partial charge is 0.0300 e. The summed E-state index contributed by atoms with van der Waals surface area (Å²) in [5, 5.41) is 5.50. The summed E-state index contributed by atoms with van der Waals surface area (Å²) in [6.45, 7) is 2.02. The Morgan fingerprint density at radius 2 is 2.36 bits per heavy atom. The first-order valence-corrected chi connectivity index (χ1v) is 6.37. The maximum Gasteiger partial charge on any atom is 0.0300 e. The molecule has 0 atom stereocenters. The third-order valence-corrected chi connectivity index (χ3v) is 3.54. The number of thiophene rings is 1. The van der Waals surface area contributed by atoms with Crippen LogP contribution >= 0.6 is 27.3 Å². The van der Waals surface area contributed by atoms with Crippen LogP contribution in [-0.4, -0.2) is 6.54 Å². The molecule has 0 saturated heterocycles. The lowest BCUT2D eigenvalue weighted by molar-refractivity contribution is 0.633. The van der Waals surface area contributed by atoms with Gasteiger partial charge in [0.2, 0.25) is 0 Å². The lowest BCUT2D eigenvalue weighted by Crippen LogP contribution is -2.13. The summed E-state index contributed by atoms with van der Waals surface area (Å²) in [4.78, 5) is 1.37. The molecule has 14 heavy (non-hydrogen) atoms. The van der Waals surface area contributed by atoms with E-state index in [0.717, 1.165) is 32.4 Å². The summed E-state index contributed by atoms with van der Waals surface area (Å²) in [5.74, 6) is 2.65. The molecule has 0 aliphatic carbocycles. The van der Waals surface area contributed by atoms with E-state index in [0.29, 0.717) is 0 Å². The van der Waals surface area contributed by atoms with Gasteiger partial charge in [-0.15, -0.1) is 23.7 Å². The molecule has 0 aromatic carbocycles. The first-order valence-electron chi connectivity index (χ1n) is 4.70. The Morgan fingerprint density at radius 3 is 3.00 bits per heavy atom. The Kier molecular flexibility index (Phi) is 5.93. The molecule has 1 heterocycles. The molecule has 0 saturated carbocycles. The molecule has 3 heteroatoms. The quantitative estimate of drug-likeness (QED) is 0.618. The van der Waals surface area contributed by atoms with Gasteiger partial charge >= 0.3 is 0 Å². The van der Waals surface area contributed by atoms with Gasteiger partial charge in [-0.1, -0.05) is 0 Å². The van der Waals surface area contributed by atoms with E-state index in [9.17, 15) is 0 Å². The second kappa shape index (κ2) is 7.05. The normalized spacial score (nSPS) is 10.0. The van der Waals surface area contributed by atoms with Crippen LogP contribution in [-0.2, 0) is 6.54 Å². The molecule has 0 unspecified atom stereocenters. The van der Waals surface area contributed by atoms with E-state index in [4.69, 9.17) is 6.42 Å². The van der Waals surface area contributed by atoms with Crippen molar-refractivity contribution < 1.29 is 0 Å². The number of unbranched alkanes of at least 4 members (excludes halogenated alkanes) is 2. The topological polar surface area (TPSA) is 12.0 Å². The first kappa shape index (κ1) is 11.8. The van der Waals surface area contributed by atoms with Crippen molar-refractivity contribution in [3.8, 4) is 12.3 Å². The molecule has 0 bridgehead atoms. The number of halogens is 1. The Balaban J connectivity index is 2.02. The van der Waals surface area contributed by atoms with Gasteiger partial charge in [0.05, 0.1) is 0 Å². The zero-order valence-corrected chi connectivity index (χ0v) is 10.5. The van der Waals surface area contributed by atoms with Gasteiger partial charge in [0.15, 0.2) is 0 Å². The van der Waals surface area contributed by atoms with E-state index in [1.54, 1.807) is 11.3 Å². The highest BCUT2D eigenvalue weighted by atomic mass is 79.9. The van der Waals surface area contributed by atoms with Crippen molar-refractivity contribution in [2.45, 2.75) is 25.8 Å². The number of hydrogen-bond donors (Lipinski definition) is 1. The molecule has 1 aromatic heterocycles. The molecule has 0 radical (unpaired) electrons. The first-order chi connectivity index (χ1) is 6.83. The fourth-order valence-corrected chi connectivity index (χ4v) is 2.56. The van der Waals surface area contributed by atoms with Crippen LogP contribution in [0.5, 0.6) is 0 Å². The van der Waals surface area contributed by atoms with Crippen molar-refractivity contribution in [3.05, 3.63) is 20.8 Å². The molecule has 76 valence electrons. The molecule has 1 nitrogen and oxygen atoms in total. The van der Waals surface area contributed by atoms with E-state index in [1.807, 2.05) is 0 Å². The van der Waals surface area contributed by atoms with Crippen LogP contribution in [0.1, 0.15) is 24.1 Å². The van der Waals surface area contributed by atoms with Crippen LogP contribution in [0.25, 0.3) is 0 Å². The van der Waals surface area contributed by atoms with Gasteiger partial charge in [-0.05, 0) is 41.4 Å². The highest BCUT2D eigenvalue weighted by Crippen LogP contribution is 2.19. The van der Waals surface area contributed by atoms with Crippen LogP contribution < -0.4 is 5.32 Å². The van der Waals surface area contributed by atoms with Crippen LogP contribution in [0.4, 0.5) is 0 Å². The second-order valence-corrected chi connectivity index (χ2v) is 4.98. The largest absolute Gasteiger partial charge is 0.312 e. The van der Waals surface area contributed by atoms with Gasteiger partial charge in [0.1, 0.15) is 0 Å². The van der Waals surface area contributed by atoms with Gasteiger partial charge < -0.3 is 5.32 Å². The third kappa shape index (κ3) is 4.80. The molecule has 0 aliphatic rings. The Bertz CT molecular complexity index is 300. The van der Waals surface area contributed by atoms with Crippen molar-refractivity contribution in [3.63, 3.8) is 0 Å². The van der Waals surface area contributed by atoms with E-state index in [2.05, 4.69) is 38.6 Å². The van der Waals surface area contributed by atoms with Crippen LogP contribution in [0, 0.1) is 12.3 Å². The Hall–Kier alpha value is -0.300. The molecule has 0 fully saturated rings. The minimum atomic E-state index is 0.895. The molecule has 0 spiro atoms. The monoisotopic (exact) mass is 271 g/mol. The maximum absolute atomic E-state index is 5.16. The van der Waals surface area contributed by atoms with Crippen molar-refractivity contribution in [1.29, 1.82) is 0 Å². The fourth-order valence-electron chi connectivity index (χ4n) is 1.14. The molecule has 0 aliphatic heterocycles. The van der Waals surface area contributed by atoms with Crippen molar-refractivity contribution in [2.24, 2.45) is 0 Å². The van der Waals surface area contributed by atoms with Crippen LogP contribution in [0.15, 0.2) is 15.9 Å². The van der Waals surface area contributed by atoms with E-state index in [-0.39, 0.29) is 0 Å². The lowest BCUT2D eigenvalue weighted by Gasteiger charge is -2.00. The lowest BCUT2D eigenvalue weighted by atomic mass is 10.2. The summed E-state index contributed by atoms with van der Waals surface area (Å²) in [7, 11) is 0. The molecular weight excluding hydrogens is 258 g/mol. The molecular formula is C11H14BrNS. The van der Waals surface area contributed by atoms with Gasteiger partial charge in [-0.3, -0.25) is 0 Å².